The number of benzene rings is 2. The Balaban J connectivity index is 1.65. The maximum absolute atomic E-state index is 14.0. The number of esters is 1. The molecular formula is C30H31ClF7N3O7. The number of hydrogen-bond acceptors (Lipinski definition) is 7. The number of piperidine rings is 1. The summed E-state index contributed by atoms with van der Waals surface area (Å²) in [6, 6.07) is 1.03. The fourth-order valence-corrected chi connectivity index (χ4v) is 4.81. The zero-order chi connectivity index (χ0) is 36.1. The van der Waals surface area contributed by atoms with Gasteiger partial charge in [-0.3, -0.25) is 19.2 Å². The van der Waals surface area contributed by atoms with Crippen molar-refractivity contribution in [1.29, 1.82) is 0 Å². The van der Waals surface area contributed by atoms with E-state index in [1.165, 1.54) is 0 Å². The molecule has 0 bridgehead atoms. The highest BCUT2D eigenvalue weighted by atomic mass is 35.5. The highest BCUT2D eigenvalue weighted by molar-refractivity contribution is 6.39. The van der Waals surface area contributed by atoms with Crippen LogP contribution in [0.1, 0.15) is 45.6 Å². The first-order valence-corrected chi connectivity index (χ1v) is 14.7. The van der Waals surface area contributed by atoms with Gasteiger partial charge in [-0.2, -0.15) is 22.0 Å². The molecule has 2 aromatic rings. The Kier molecular flexibility index (Phi) is 12.3. The number of likely N-dealkylation sites (tertiary alicyclic amines) is 1. The monoisotopic (exact) mass is 713 g/mol. The summed E-state index contributed by atoms with van der Waals surface area (Å²) in [5.74, 6) is -13.8. The number of carbonyl (C=O) groups excluding carboxylic acids is 4. The molecular weight excluding hydrogens is 683 g/mol. The van der Waals surface area contributed by atoms with Crippen LogP contribution in [0.3, 0.4) is 0 Å². The Morgan fingerprint density at radius 1 is 1.00 bits per heavy atom. The Hall–Kier alpha value is -4.12. The smallest absolute Gasteiger partial charge is 0.418 e. The molecule has 48 heavy (non-hydrogen) atoms. The van der Waals surface area contributed by atoms with E-state index < -0.39 is 107 Å². The molecule has 18 heteroatoms. The Morgan fingerprint density at radius 3 is 2.12 bits per heavy atom. The van der Waals surface area contributed by atoms with Crippen molar-refractivity contribution in [3.63, 3.8) is 0 Å². The van der Waals surface area contributed by atoms with E-state index in [9.17, 15) is 55.0 Å². The molecule has 1 fully saturated rings. The van der Waals surface area contributed by atoms with Crippen molar-refractivity contribution in [3.05, 3.63) is 58.1 Å². The van der Waals surface area contributed by atoms with Gasteiger partial charge in [0.25, 0.3) is 0 Å². The summed E-state index contributed by atoms with van der Waals surface area (Å²) in [7, 11) is 0. The zero-order valence-electron chi connectivity index (χ0n) is 25.7. The van der Waals surface area contributed by atoms with Crippen molar-refractivity contribution in [3.8, 4) is 5.75 Å². The van der Waals surface area contributed by atoms with Crippen molar-refractivity contribution in [2.24, 2.45) is 5.92 Å². The lowest BCUT2D eigenvalue weighted by Gasteiger charge is -2.32. The topological polar surface area (TPSA) is 134 Å². The number of aliphatic hydroxyl groups is 1. The molecule has 3 N–H and O–H groups in total. The molecule has 2 atom stereocenters. The Labute approximate surface area is 274 Å². The van der Waals surface area contributed by atoms with Crippen LogP contribution in [0, 0.1) is 29.2 Å². The molecule has 1 aliphatic heterocycles. The molecule has 1 unspecified atom stereocenters. The number of alkyl halides is 3. The fourth-order valence-electron chi connectivity index (χ4n) is 4.63. The number of halogens is 8. The van der Waals surface area contributed by atoms with Gasteiger partial charge in [-0.15, -0.1) is 0 Å². The first-order chi connectivity index (χ1) is 22.2. The van der Waals surface area contributed by atoms with E-state index >= 15 is 0 Å². The maximum Gasteiger partial charge on any atom is 0.418 e. The van der Waals surface area contributed by atoms with Gasteiger partial charge in [0.15, 0.2) is 17.4 Å². The molecule has 0 radical (unpaired) electrons. The largest absolute Gasteiger partial charge is 0.485 e. The van der Waals surface area contributed by atoms with E-state index in [2.05, 4.69) is 5.32 Å². The van der Waals surface area contributed by atoms with Crippen LogP contribution in [0.5, 0.6) is 5.75 Å². The third-order valence-corrected chi connectivity index (χ3v) is 7.19. The van der Waals surface area contributed by atoms with Crippen LogP contribution in [0.25, 0.3) is 0 Å². The lowest BCUT2D eigenvalue weighted by atomic mass is 9.94. The Bertz CT molecular complexity index is 1520. The number of hydrogen-bond donors (Lipinski definition) is 3. The summed E-state index contributed by atoms with van der Waals surface area (Å²) in [5.41, 5.74) is -2.93. The normalized spacial score (nSPS) is 15.4. The van der Waals surface area contributed by atoms with E-state index in [-0.39, 0.29) is 37.0 Å². The molecule has 0 aliphatic carbocycles. The van der Waals surface area contributed by atoms with E-state index in [4.69, 9.17) is 21.1 Å². The maximum atomic E-state index is 14.0. The van der Waals surface area contributed by atoms with Crippen LogP contribution in [-0.4, -0.2) is 71.1 Å². The number of rotatable bonds is 9. The predicted molar refractivity (Wildman–Crippen MR) is 155 cm³/mol. The first-order valence-electron chi connectivity index (χ1n) is 14.3. The number of carbonyl (C=O) groups is 4. The average Bonchev–Trinajstić information content (AvgIpc) is 2.98. The second kappa shape index (κ2) is 15.4. The predicted octanol–water partition coefficient (Wildman–Crippen LogP) is 4.75. The van der Waals surface area contributed by atoms with Crippen LogP contribution >= 0.6 is 11.6 Å². The van der Waals surface area contributed by atoms with E-state index in [1.807, 2.05) is 5.32 Å². The minimum Gasteiger partial charge on any atom is -0.485 e. The van der Waals surface area contributed by atoms with Crippen molar-refractivity contribution < 1.29 is 64.5 Å². The first kappa shape index (κ1) is 38.3. The molecule has 1 heterocycles. The number of anilines is 1. The fraction of sp³-hybridized carbons (Fsp3) is 0.467. The van der Waals surface area contributed by atoms with E-state index in [1.54, 1.807) is 20.8 Å². The zero-order valence-corrected chi connectivity index (χ0v) is 26.4. The molecule has 0 saturated carbocycles. The molecule has 3 rings (SSSR count). The van der Waals surface area contributed by atoms with Gasteiger partial charge >= 0.3 is 24.0 Å². The van der Waals surface area contributed by atoms with Gasteiger partial charge in [-0.1, -0.05) is 11.6 Å². The second-order valence-corrected chi connectivity index (χ2v) is 12.2. The summed E-state index contributed by atoms with van der Waals surface area (Å²) >= 11 is 5.63. The van der Waals surface area contributed by atoms with Crippen LogP contribution in [0.2, 0.25) is 5.02 Å². The van der Waals surface area contributed by atoms with Crippen LogP contribution in [0.4, 0.5) is 36.4 Å². The van der Waals surface area contributed by atoms with Crippen LogP contribution in [0.15, 0.2) is 24.3 Å². The minimum atomic E-state index is -4.88. The highest BCUT2D eigenvalue weighted by Crippen LogP contribution is 2.36. The number of nitrogens with zero attached hydrogens (tertiary/aromatic N) is 1. The molecule has 3 amide bonds. The van der Waals surface area contributed by atoms with Gasteiger partial charge in [0.05, 0.1) is 23.7 Å². The molecule has 10 nitrogen and oxygen atoms in total. The summed E-state index contributed by atoms with van der Waals surface area (Å²) in [6.45, 7) is 3.24. The Morgan fingerprint density at radius 2 is 1.58 bits per heavy atom. The third kappa shape index (κ3) is 10.2. The minimum absolute atomic E-state index is 0.0475. The summed E-state index contributed by atoms with van der Waals surface area (Å²) in [5, 5.41) is 14.8. The quantitative estimate of drug-likeness (QED) is 0.148. The van der Waals surface area contributed by atoms with Crippen LogP contribution in [-0.2, 0) is 30.1 Å². The third-order valence-electron chi connectivity index (χ3n) is 6.95. The lowest BCUT2D eigenvalue weighted by molar-refractivity contribution is -0.156. The number of aliphatic hydroxyl groups excluding tert-OH is 1. The lowest BCUT2D eigenvalue weighted by Crippen LogP contribution is -2.51. The molecule has 1 saturated heterocycles. The summed E-state index contributed by atoms with van der Waals surface area (Å²) < 4.78 is 105. The van der Waals surface area contributed by atoms with Crippen molar-refractivity contribution in [2.45, 2.75) is 64.0 Å². The average molecular weight is 714 g/mol. The van der Waals surface area contributed by atoms with Gasteiger partial charge in [0.1, 0.15) is 18.3 Å². The van der Waals surface area contributed by atoms with Gasteiger partial charge < -0.3 is 30.1 Å². The summed E-state index contributed by atoms with van der Waals surface area (Å²) in [6.07, 6.45) is -7.52. The molecule has 2 aromatic carbocycles. The number of amides is 3. The van der Waals surface area contributed by atoms with Gasteiger partial charge in [0, 0.05) is 30.1 Å². The molecule has 0 aromatic heterocycles. The highest BCUT2D eigenvalue weighted by Gasteiger charge is 2.37. The van der Waals surface area contributed by atoms with Crippen LogP contribution < -0.4 is 15.4 Å². The number of nitrogens with one attached hydrogen (secondary N) is 2. The number of ether oxygens (including phenoxy) is 2. The summed E-state index contributed by atoms with van der Waals surface area (Å²) in [4.78, 5) is 51.9. The van der Waals surface area contributed by atoms with E-state index in [0.29, 0.717) is 6.07 Å². The van der Waals surface area contributed by atoms with Crippen molar-refractivity contribution >= 4 is 41.0 Å². The molecule has 0 spiro atoms. The molecule has 264 valence electrons. The molecule has 1 aliphatic rings. The second-order valence-electron chi connectivity index (χ2n) is 11.8. The van der Waals surface area contributed by atoms with Gasteiger partial charge in [-0.25, -0.2) is 8.78 Å². The van der Waals surface area contributed by atoms with E-state index in [0.717, 1.165) is 17.0 Å². The van der Waals surface area contributed by atoms with Crippen molar-refractivity contribution in [1.82, 2.24) is 10.2 Å². The van der Waals surface area contributed by atoms with Gasteiger partial charge in [-0.05, 0) is 51.8 Å². The SMILES string of the molecule is CC(C)(C)OC(=O)C[C@H](NC(=O)C1CCN(C(=O)C(=O)Nc2ccc(Cl)cc2C(F)(F)F)CC1)C(O)COc1c(F)c(F)cc(F)c1F. The standard InChI is InChI=1S/C30H31ClF7N3O7/c1-29(2,3)48-22(43)12-20(21(42)13-47-25-23(34)17(32)11-18(33)24(25)35)40-26(44)14-6-8-41(9-7-14)28(46)27(45)39-19-5-4-15(31)10-16(19)30(36,37)38/h4-5,10-11,14,20-21,42H,6-9,12-13H2,1-3H3,(H,39,45)(H,40,44)/t20-,21?/m0/s1. The van der Waals surface area contributed by atoms with Gasteiger partial charge in [0.2, 0.25) is 17.5 Å². The van der Waals surface area contributed by atoms with Crippen molar-refractivity contribution in [2.75, 3.05) is 25.0 Å².